The Hall–Kier alpha value is -3.81. The van der Waals surface area contributed by atoms with Crippen LogP contribution in [-0.4, -0.2) is 30.5 Å². The van der Waals surface area contributed by atoms with Gasteiger partial charge in [0.2, 0.25) is 5.91 Å². The molecular weight excluding hydrogens is 368 g/mol. The van der Waals surface area contributed by atoms with Crippen LogP contribution in [0.1, 0.15) is 18.1 Å². The van der Waals surface area contributed by atoms with Crippen LogP contribution in [-0.2, 0) is 24.3 Å². The van der Waals surface area contributed by atoms with E-state index in [-0.39, 0.29) is 18.0 Å². The van der Waals surface area contributed by atoms with Crippen LogP contribution in [0, 0.1) is 0 Å². The zero-order valence-electron chi connectivity index (χ0n) is 15.9. The molecule has 8 heteroatoms. The van der Waals surface area contributed by atoms with Crippen molar-refractivity contribution in [2.75, 3.05) is 5.32 Å². The minimum atomic E-state index is -0.397. The van der Waals surface area contributed by atoms with Crippen LogP contribution in [0.25, 0.3) is 11.2 Å². The molecule has 4 rings (SSSR count). The summed E-state index contributed by atoms with van der Waals surface area (Å²) in [6.45, 7) is 2.38. The lowest BCUT2D eigenvalue weighted by Crippen LogP contribution is -2.28. The van der Waals surface area contributed by atoms with Crippen LogP contribution in [0.15, 0.2) is 65.7 Å². The zero-order chi connectivity index (χ0) is 20.2. The second kappa shape index (κ2) is 8.05. The van der Waals surface area contributed by atoms with E-state index in [1.54, 1.807) is 4.68 Å². The number of nitrogens with one attached hydrogen (secondary N) is 1. The summed E-state index contributed by atoms with van der Waals surface area (Å²) < 4.78 is 2.81. The number of aromatic nitrogens is 5. The number of hydrogen-bond acceptors (Lipinski definition) is 5. The van der Waals surface area contributed by atoms with Gasteiger partial charge in [-0.05, 0) is 29.7 Å². The number of aryl methyl sites for hydroxylation is 1. The van der Waals surface area contributed by atoms with E-state index in [4.69, 9.17) is 0 Å². The van der Waals surface area contributed by atoms with Gasteiger partial charge in [0, 0.05) is 5.69 Å². The van der Waals surface area contributed by atoms with Gasteiger partial charge in [-0.25, -0.2) is 9.67 Å². The first kappa shape index (κ1) is 18.5. The van der Waals surface area contributed by atoms with Crippen LogP contribution in [0.5, 0.6) is 0 Å². The molecule has 29 heavy (non-hydrogen) atoms. The first-order chi connectivity index (χ1) is 14.1. The molecule has 2 heterocycles. The lowest BCUT2D eigenvalue weighted by atomic mass is 10.1. The molecular formula is C21H20N6O2. The Kier molecular flexibility index (Phi) is 5.15. The van der Waals surface area contributed by atoms with Gasteiger partial charge in [-0.1, -0.05) is 54.6 Å². The Bertz CT molecular complexity index is 1200. The van der Waals surface area contributed by atoms with Gasteiger partial charge < -0.3 is 5.32 Å². The molecule has 0 saturated heterocycles. The number of rotatable bonds is 6. The van der Waals surface area contributed by atoms with Crippen molar-refractivity contribution in [2.24, 2.45) is 0 Å². The number of carbonyl (C=O) groups excluding carboxylic acids is 1. The summed E-state index contributed by atoms with van der Waals surface area (Å²) in [5.41, 5.74) is 3.04. The van der Waals surface area contributed by atoms with Crippen LogP contribution in [0.3, 0.4) is 0 Å². The number of nitrogens with zero attached hydrogens (tertiary/aromatic N) is 5. The topological polar surface area (TPSA) is 94.7 Å². The number of hydrogen-bond donors (Lipinski definition) is 1. The highest BCUT2D eigenvalue weighted by atomic mass is 16.2. The second-order valence-electron chi connectivity index (χ2n) is 6.68. The predicted molar refractivity (Wildman–Crippen MR) is 110 cm³/mol. The van der Waals surface area contributed by atoms with Crippen LogP contribution >= 0.6 is 0 Å². The average molecular weight is 388 g/mol. The molecule has 0 aliphatic carbocycles. The minimum Gasteiger partial charge on any atom is -0.325 e. The van der Waals surface area contributed by atoms with Gasteiger partial charge in [-0.2, -0.15) is 0 Å². The van der Waals surface area contributed by atoms with Crippen molar-refractivity contribution >= 4 is 22.8 Å². The van der Waals surface area contributed by atoms with Crippen LogP contribution in [0.2, 0.25) is 0 Å². The van der Waals surface area contributed by atoms with E-state index in [1.165, 1.54) is 16.5 Å². The standard InChI is InChI=1S/C21H20N6O2/c1-2-15-8-10-17(11-9-15)23-18(28)13-26-14-22-20-19(21(26)29)24-25-27(20)12-16-6-4-3-5-7-16/h3-11,14H,2,12-13H2,1H3,(H,23,28). The fraction of sp³-hybridized carbons (Fsp3) is 0.190. The van der Waals surface area contributed by atoms with Crippen molar-refractivity contribution in [2.45, 2.75) is 26.4 Å². The summed E-state index contributed by atoms with van der Waals surface area (Å²) in [5, 5.41) is 10.8. The van der Waals surface area contributed by atoms with Crippen molar-refractivity contribution < 1.29 is 4.79 Å². The fourth-order valence-corrected chi connectivity index (χ4v) is 3.04. The summed E-state index contributed by atoms with van der Waals surface area (Å²) in [6.07, 6.45) is 2.29. The Balaban J connectivity index is 1.51. The van der Waals surface area contributed by atoms with Crippen molar-refractivity contribution in [3.8, 4) is 0 Å². The molecule has 2 aromatic heterocycles. The molecule has 0 bridgehead atoms. The minimum absolute atomic E-state index is 0.142. The molecule has 1 amide bonds. The Labute approximate surface area is 166 Å². The fourth-order valence-electron chi connectivity index (χ4n) is 3.04. The van der Waals surface area contributed by atoms with E-state index in [0.29, 0.717) is 17.9 Å². The van der Waals surface area contributed by atoms with Gasteiger partial charge in [0.25, 0.3) is 5.56 Å². The molecule has 0 atom stereocenters. The summed E-state index contributed by atoms with van der Waals surface area (Å²) in [6, 6.07) is 17.3. The SMILES string of the molecule is CCc1ccc(NC(=O)Cn2cnc3c(nnn3Cc3ccccc3)c2=O)cc1. The molecule has 0 unspecified atom stereocenters. The highest BCUT2D eigenvalue weighted by Gasteiger charge is 2.14. The number of carbonyl (C=O) groups is 1. The van der Waals surface area contributed by atoms with E-state index in [2.05, 4.69) is 27.5 Å². The number of fused-ring (bicyclic) bond motifs is 1. The molecule has 0 saturated carbocycles. The number of benzene rings is 2. The maximum atomic E-state index is 12.7. The highest BCUT2D eigenvalue weighted by molar-refractivity contribution is 5.90. The third-order valence-corrected chi connectivity index (χ3v) is 4.63. The quantitative estimate of drug-likeness (QED) is 0.547. The van der Waals surface area contributed by atoms with Crippen molar-refractivity contribution in [1.82, 2.24) is 24.5 Å². The largest absolute Gasteiger partial charge is 0.325 e. The first-order valence-corrected chi connectivity index (χ1v) is 9.35. The molecule has 0 radical (unpaired) electrons. The first-order valence-electron chi connectivity index (χ1n) is 9.35. The second-order valence-corrected chi connectivity index (χ2v) is 6.68. The van der Waals surface area contributed by atoms with E-state index < -0.39 is 5.56 Å². The smallest absolute Gasteiger partial charge is 0.283 e. The summed E-state index contributed by atoms with van der Waals surface area (Å²) in [5.74, 6) is -0.311. The molecule has 4 aromatic rings. The van der Waals surface area contributed by atoms with Crippen molar-refractivity contribution in [3.63, 3.8) is 0 Å². The molecule has 8 nitrogen and oxygen atoms in total. The van der Waals surface area contributed by atoms with Gasteiger partial charge in [-0.3, -0.25) is 14.2 Å². The molecule has 0 spiro atoms. The monoisotopic (exact) mass is 388 g/mol. The number of amides is 1. The molecule has 0 fully saturated rings. The molecule has 0 aliphatic heterocycles. The zero-order valence-corrected chi connectivity index (χ0v) is 15.9. The Morgan fingerprint density at radius 2 is 1.79 bits per heavy atom. The van der Waals surface area contributed by atoms with E-state index in [1.807, 2.05) is 54.6 Å². The van der Waals surface area contributed by atoms with Gasteiger partial charge in [-0.15, -0.1) is 5.10 Å². The Morgan fingerprint density at radius 1 is 1.03 bits per heavy atom. The Morgan fingerprint density at radius 3 is 2.52 bits per heavy atom. The number of anilines is 1. The molecule has 146 valence electrons. The van der Waals surface area contributed by atoms with Gasteiger partial charge >= 0.3 is 0 Å². The normalized spacial score (nSPS) is 10.9. The summed E-state index contributed by atoms with van der Waals surface area (Å²) in [4.78, 5) is 29.3. The molecule has 1 N–H and O–H groups in total. The van der Waals surface area contributed by atoms with Crippen molar-refractivity contribution in [3.05, 3.63) is 82.4 Å². The van der Waals surface area contributed by atoms with E-state index in [9.17, 15) is 9.59 Å². The average Bonchev–Trinajstić information content (AvgIpc) is 3.15. The van der Waals surface area contributed by atoms with E-state index in [0.717, 1.165) is 12.0 Å². The third-order valence-electron chi connectivity index (χ3n) is 4.63. The van der Waals surface area contributed by atoms with E-state index >= 15 is 0 Å². The predicted octanol–water partition coefficient (Wildman–Crippen LogP) is 2.24. The summed E-state index contributed by atoms with van der Waals surface area (Å²) >= 11 is 0. The highest BCUT2D eigenvalue weighted by Crippen LogP contribution is 2.10. The third kappa shape index (κ3) is 4.06. The van der Waals surface area contributed by atoms with Crippen LogP contribution < -0.4 is 10.9 Å². The van der Waals surface area contributed by atoms with Crippen LogP contribution in [0.4, 0.5) is 5.69 Å². The molecule has 2 aromatic carbocycles. The maximum absolute atomic E-state index is 12.7. The maximum Gasteiger partial charge on any atom is 0.283 e. The van der Waals surface area contributed by atoms with Gasteiger partial charge in [0.1, 0.15) is 12.9 Å². The molecule has 0 aliphatic rings. The van der Waals surface area contributed by atoms with Gasteiger partial charge in [0.15, 0.2) is 11.2 Å². The lowest BCUT2D eigenvalue weighted by Gasteiger charge is -2.08. The van der Waals surface area contributed by atoms with Crippen molar-refractivity contribution in [1.29, 1.82) is 0 Å². The summed E-state index contributed by atoms with van der Waals surface area (Å²) in [7, 11) is 0. The lowest BCUT2D eigenvalue weighted by molar-refractivity contribution is -0.116. The van der Waals surface area contributed by atoms with Gasteiger partial charge in [0.05, 0.1) is 6.54 Å².